The highest BCUT2D eigenvalue weighted by Crippen LogP contribution is 2.21. The number of carbonyl (C=O) groups excluding carboxylic acids is 1. The number of nitrogens with one attached hydrogen (secondary N) is 1. The Morgan fingerprint density at radius 3 is 2.48 bits per heavy atom. The number of likely N-dealkylation sites (tertiary alicyclic amines) is 1. The molecule has 1 atom stereocenters. The summed E-state index contributed by atoms with van der Waals surface area (Å²) in [5.41, 5.74) is 1.02. The molecular formula is C23H30N2O4. The first kappa shape index (κ1) is 21.0. The third kappa shape index (κ3) is 6.39. The van der Waals surface area contributed by atoms with E-state index in [9.17, 15) is 4.79 Å². The van der Waals surface area contributed by atoms with Gasteiger partial charge in [-0.25, -0.2) is 0 Å². The van der Waals surface area contributed by atoms with Crippen LogP contribution in [0.5, 0.6) is 17.2 Å². The third-order valence-corrected chi connectivity index (χ3v) is 5.08. The average molecular weight is 399 g/mol. The van der Waals surface area contributed by atoms with E-state index in [0.717, 1.165) is 37.2 Å². The van der Waals surface area contributed by atoms with Gasteiger partial charge in [0, 0.05) is 25.7 Å². The highest BCUT2D eigenvalue weighted by atomic mass is 16.5. The number of methoxy groups -OCH3 is 1. The van der Waals surface area contributed by atoms with Crippen molar-refractivity contribution >= 4 is 5.91 Å². The highest BCUT2D eigenvalue weighted by molar-refractivity contribution is 5.80. The minimum atomic E-state index is -0.603. The van der Waals surface area contributed by atoms with Crippen LogP contribution in [0.1, 0.15) is 25.3 Å². The number of nitrogens with zero attached hydrogens (tertiary/aromatic N) is 1. The SMILES string of the molecule is COc1cccc(OC(C)C(=O)NCc2ccc(OC3CCN(C)CC3)cc2)c1. The zero-order valence-electron chi connectivity index (χ0n) is 17.4. The van der Waals surface area contributed by atoms with E-state index in [0.29, 0.717) is 18.0 Å². The summed E-state index contributed by atoms with van der Waals surface area (Å²) in [6, 6.07) is 15.1. The molecule has 6 nitrogen and oxygen atoms in total. The van der Waals surface area contributed by atoms with E-state index in [1.807, 2.05) is 36.4 Å². The van der Waals surface area contributed by atoms with Crippen LogP contribution < -0.4 is 19.5 Å². The van der Waals surface area contributed by atoms with Crippen LogP contribution in [0, 0.1) is 0 Å². The number of benzene rings is 2. The Hall–Kier alpha value is -2.73. The number of hydrogen-bond acceptors (Lipinski definition) is 5. The summed E-state index contributed by atoms with van der Waals surface area (Å²) in [7, 11) is 3.74. The van der Waals surface area contributed by atoms with Crippen molar-refractivity contribution in [1.82, 2.24) is 10.2 Å². The van der Waals surface area contributed by atoms with Crippen LogP contribution in [0.25, 0.3) is 0 Å². The van der Waals surface area contributed by atoms with Crippen LogP contribution in [0.4, 0.5) is 0 Å². The molecule has 29 heavy (non-hydrogen) atoms. The van der Waals surface area contributed by atoms with E-state index >= 15 is 0 Å². The topological polar surface area (TPSA) is 60.0 Å². The van der Waals surface area contributed by atoms with E-state index in [4.69, 9.17) is 14.2 Å². The normalized spacial score (nSPS) is 16.1. The fraction of sp³-hybridized carbons (Fsp3) is 0.435. The predicted octanol–water partition coefficient (Wildman–Crippen LogP) is 3.25. The number of carbonyl (C=O) groups is 1. The van der Waals surface area contributed by atoms with E-state index in [1.54, 1.807) is 26.2 Å². The van der Waals surface area contributed by atoms with Crippen molar-refractivity contribution in [3.63, 3.8) is 0 Å². The second kappa shape index (κ2) is 10.2. The van der Waals surface area contributed by atoms with Gasteiger partial charge in [0.25, 0.3) is 5.91 Å². The maximum atomic E-state index is 12.3. The lowest BCUT2D eigenvalue weighted by Crippen LogP contribution is -2.36. The van der Waals surface area contributed by atoms with Gasteiger partial charge in [-0.1, -0.05) is 18.2 Å². The van der Waals surface area contributed by atoms with Gasteiger partial charge in [-0.2, -0.15) is 0 Å². The van der Waals surface area contributed by atoms with Crippen LogP contribution in [0.3, 0.4) is 0 Å². The fourth-order valence-electron chi connectivity index (χ4n) is 3.25. The van der Waals surface area contributed by atoms with Gasteiger partial charge in [0.2, 0.25) is 0 Å². The monoisotopic (exact) mass is 398 g/mol. The van der Waals surface area contributed by atoms with Crippen molar-refractivity contribution in [2.24, 2.45) is 0 Å². The van der Waals surface area contributed by atoms with Crippen LogP contribution in [0.15, 0.2) is 48.5 Å². The molecule has 1 N–H and O–H groups in total. The van der Waals surface area contributed by atoms with Crippen molar-refractivity contribution in [2.75, 3.05) is 27.2 Å². The van der Waals surface area contributed by atoms with Gasteiger partial charge in [-0.05, 0) is 56.6 Å². The van der Waals surface area contributed by atoms with Gasteiger partial charge < -0.3 is 24.4 Å². The molecule has 0 aromatic heterocycles. The molecule has 0 radical (unpaired) electrons. The summed E-state index contributed by atoms with van der Waals surface area (Å²) in [5.74, 6) is 2.00. The number of amides is 1. The molecule has 2 aromatic carbocycles. The highest BCUT2D eigenvalue weighted by Gasteiger charge is 2.18. The lowest BCUT2D eigenvalue weighted by Gasteiger charge is -2.29. The van der Waals surface area contributed by atoms with Crippen LogP contribution in [-0.4, -0.2) is 50.3 Å². The van der Waals surface area contributed by atoms with Crippen molar-refractivity contribution < 1.29 is 19.0 Å². The molecule has 1 fully saturated rings. The van der Waals surface area contributed by atoms with E-state index in [-0.39, 0.29) is 12.0 Å². The summed E-state index contributed by atoms with van der Waals surface area (Å²) in [6.07, 6.45) is 1.79. The first-order chi connectivity index (χ1) is 14.0. The first-order valence-corrected chi connectivity index (χ1v) is 10.1. The van der Waals surface area contributed by atoms with Gasteiger partial charge in [0.1, 0.15) is 23.4 Å². The van der Waals surface area contributed by atoms with Crippen LogP contribution >= 0.6 is 0 Å². The summed E-state index contributed by atoms with van der Waals surface area (Å²) in [5, 5.41) is 2.91. The molecule has 0 bridgehead atoms. The molecule has 0 saturated carbocycles. The Bertz CT molecular complexity index is 786. The molecule has 1 amide bonds. The van der Waals surface area contributed by atoms with Crippen molar-refractivity contribution in [3.8, 4) is 17.2 Å². The second-order valence-corrected chi connectivity index (χ2v) is 7.42. The molecule has 0 aliphatic carbocycles. The molecule has 1 heterocycles. The summed E-state index contributed by atoms with van der Waals surface area (Å²) in [4.78, 5) is 14.7. The minimum Gasteiger partial charge on any atom is -0.497 e. The van der Waals surface area contributed by atoms with Gasteiger partial charge in [-0.15, -0.1) is 0 Å². The third-order valence-electron chi connectivity index (χ3n) is 5.08. The summed E-state index contributed by atoms with van der Waals surface area (Å²) < 4.78 is 16.9. The number of ether oxygens (including phenoxy) is 3. The van der Waals surface area contributed by atoms with Gasteiger partial charge in [0.15, 0.2) is 6.10 Å². The fourth-order valence-corrected chi connectivity index (χ4v) is 3.25. The minimum absolute atomic E-state index is 0.167. The summed E-state index contributed by atoms with van der Waals surface area (Å²) >= 11 is 0. The largest absolute Gasteiger partial charge is 0.497 e. The van der Waals surface area contributed by atoms with Crippen molar-refractivity contribution in [3.05, 3.63) is 54.1 Å². The molecule has 1 aliphatic heterocycles. The smallest absolute Gasteiger partial charge is 0.261 e. The van der Waals surface area contributed by atoms with E-state index in [1.165, 1.54) is 0 Å². The standard InChI is InChI=1S/C23H30N2O4/c1-17(28-22-6-4-5-21(15-22)27-3)23(26)24-16-18-7-9-19(10-8-18)29-20-11-13-25(2)14-12-20/h4-10,15,17,20H,11-14,16H2,1-3H3,(H,24,26). The number of hydrogen-bond donors (Lipinski definition) is 1. The zero-order chi connectivity index (χ0) is 20.6. The Balaban J connectivity index is 1.44. The van der Waals surface area contributed by atoms with Crippen LogP contribution in [0.2, 0.25) is 0 Å². The Kier molecular flexibility index (Phi) is 7.36. The van der Waals surface area contributed by atoms with E-state index < -0.39 is 6.10 Å². The Morgan fingerprint density at radius 1 is 1.10 bits per heavy atom. The molecule has 1 unspecified atom stereocenters. The summed E-state index contributed by atoms with van der Waals surface area (Å²) in [6.45, 7) is 4.32. The lowest BCUT2D eigenvalue weighted by molar-refractivity contribution is -0.127. The Morgan fingerprint density at radius 2 is 1.79 bits per heavy atom. The molecule has 2 aromatic rings. The lowest BCUT2D eigenvalue weighted by atomic mass is 10.1. The molecular weight excluding hydrogens is 368 g/mol. The molecule has 6 heteroatoms. The van der Waals surface area contributed by atoms with Gasteiger partial charge in [-0.3, -0.25) is 4.79 Å². The van der Waals surface area contributed by atoms with Crippen molar-refractivity contribution in [1.29, 1.82) is 0 Å². The molecule has 3 rings (SSSR count). The van der Waals surface area contributed by atoms with Gasteiger partial charge in [0.05, 0.1) is 7.11 Å². The van der Waals surface area contributed by atoms with Crippen LogP contribution in [-0.2, 0) is 11.3 Å². The zero-order valence-corrected chi connectivity index (χ0v) is 17.4. The number of rotatable bonds is 8. The van der Waals surface area contributed by atoms with Gasteiger partial charge >= 0.3 is 0 Å². The number of piperidine rings is 1. The molecule has 0 spiro atoms. The predicted molar refractivity (Wildman–Crippen MR) is 113 cm³/mol. The molecule has 156 valence electrons. The Labute approximate surface area is 172 Å². The quantitative estimate of drug-likeness (QED) is 0.740. The second-order valence-electron chi connectivity index (χ2n) is 7.42. The maximum Gasteiger partial charge on any atom is 0.261 e. The van der Waals surface area contributed by atoms with E-state index in [2.05, 4.69) is 17.3 Å². The maximum absolute atomic E-state index is 12.3. The molecule has 1 aliphatic rings. The van der Waals surface area contributed by atoms with Crippen molar-refractivity contribution in [2.45, 2.75) is 38.5 Å². The average Bonchev–Trinajstić information content (AvgIpc) is 2.74. The first-order valence-electron chi connectivity index (χ1n) is 10.1. The molecule has 1 saturated heterocycles.